The third-order valence-corrected chi connectivity index (χ3v) is 2.46. The van der Waals surface area contributed by atoms with Gasteiger partial charge in [0.15, 0.2) is 0 Å². The summed E-state index contributed by atoms with van der Waals surface area (Å²) in [4.78, 5) is 0. The highest BCUT2D eigenvalue weighted by Crippen LogP contribution is 2.14. The standard InChI is InChI=1S/C11H21N3/c1-8(2)7-14-10(4)11(5-6-12)9(3)13-14/h8H,5-7,12H2,1-4H3. The molecule has 80 valence electrons. The van der Waals surface area contributed by atoms with Crippen LogP contribution in [0.1, 0.15) is 30.8 Å². The summed E-state index contributed by atoms with van der Waals surface area (Å²) in [5.74, 6) is 0.638. The Balaban J connectivity index is 2.92. The van der Waals surface area contributed by atoms with E-state index < -0.39 is 0 Å². The monoisotopic (exact) mass is 195 g/mol. The quantitative estimate of drug-likeness (QED) is 0.794. The van der Waals surface area contributed by atoms with Crippen LogP contribution in [-0.4, -0.2) is 16.3 Å². The Hall–Kier alpha value is -0.830. The highest BCUT2D eigenvalue weighted by molar-refractivity contribution is 5.24. The average Bonchev–Trinajstić information content (AvgIpc) is 2.32. The average molecular weight is 195 g/mol. The van der Waals surface area contributed by atoms with Crippen molar-refractivity contribution >= 4 is 0 Å². The molecule has 0 saturated carbocycles. The van der Waals surface area contributed by atoms with Crippen molar-refractivity contribution in [3.63, 3.8) is 0 Å². The third-order valence-electron chi connectivity index (χ3n) is 2.46. The lowest BCUT2D eigenvalue weighted by Crippen LogP contribution is -2.09. The molecule has 0 radical (unpaired) electrons. The molecule has 0 saturated heterocycles. The fraction of sp³-hybridized carbons (Fsp3) is 0.727. The Morgan fingerprint density at radius 2 is 2.00 bits per heavy atom. The van der Waals surface area contributed by atoms with E-state index in [1.807, 2.05) is 0 Å². The van der Waals surface area contributed by atoms with Gasteiger partial charge in [-0.1, -0.05) is 13.8 Å². The molecular formula is C11H21N3. The van der Waals surface area contributed by atoms with E-state index in [9.17, 15) is 0 Å². The smallest absolute Gasteiger partial charge is 0.0628 e. The van der Waals surface area contributed by atoms with Crippen LogP contribution < -0.4 is 5.73 Å². The first kappa shape index (κ1) is 11.2. The third kappa shape index (κ3) is 2.35. The van der Waals surface area contributed by atoms with Crippen molar-refractivity contribution < 1.29 is 0 Å². The van der Waals surface area contributed by atoms with Crippen molar-refractivity contribution in [1.29, 1.82) is 0 Å². The number of hydrogen-bond acceptors (Lipinski definition) is 2. The highest BCUT2D eigenvalue weighted by Gasteiger charge is 2.10. The summed E-state index contributed by atoms with van der Waals surface area (Å²) in [5.41, 5.74) is 9.31. The molecule has 0 amide bonds. The van der Waals surface area contributed by atoms with Gasteiger partial charge in [-0.05, 0) is 38.3 Å². The van der Waals surface area contributed by atoms with Crippen LogP contribution in [0.2, 0.25) is 0 Å². The van der Waals surface area contributed by atoms with Gasteiger partial charge in [0.1, 0.15) is 0 Å². The molecule has 1 rings (SSSR count). The number of rotatable bonds is 4. The second kappa shape index (κ2) is 4.60. The molecule has 1 aromatic heterocycles. The fourth-order valence-corrected chi connectivity index (χ4v) is 1.76. The Morgan fingerprint density at radius 1 is 1.36 bits per heavy atom. The SMILES string of the molecule is Cc1nn(CC(C)C)c(C)c1CCN. The van der Waals surface area contributed by atoms with Gasteiger partial charge in [0.2, 0.25) is 0 Å². The van der Waals surface area contributed by atoms with Crippen LogP contribution in [0.4, 0.5) is 0 Å². The minimum Gasteiger partial charge on any atom is -0.330 e. The summed E-state index contributed by atoms with van der Waals surface area (Å²) < 4.78 is 2.10. The lowest BCUT2D eigenvalue weighted by Gasteiger charge is -2.07. The molecule has 14 heavy (non-hydrogen) atoms. The molecule has 0 atom stereocenters. The molecule has 3 heteroatoms. The minimum absolute atomic E-state index is 0.638. The molecule has 0 unspecified atom stereocenters. The van der Waals surface area contributed by atoms with Crippen LogP contribution in [0, 0.1) is 19.8 Å². The molecule has 0 fully saturated rings. The Morgan fingerprint density at radius 3 is 2.50 bits per heavy atom. The summed E-state index contributed by atoms with van der Waals surface area (Å²) >= 11 is 0. The number of hydrogen-bond donors (Lipinski definition) is 1. The van der Waals surface area contributed by atoms with E-state index in [-0.39, 0.29) is 0 Å². The predicted octanol–water partition coefficient (Wildman–Crippen LogP) is 1.66. The van der Waals surface area contributed by atoms with Gasteiger partial charge in [0.05, 0.1) is 5.69 Å². The maximum atomic E-state index is 5.57. The first-order valence-electron chi connectivity index (χ1n) is 5.29. The van der Waals surface area contributed by atoms with Crippen LogP contribution in [0.25, 0.3) is 0 Å². The summed E-state index contributed by atoms with van der Waals surface area (Å²) in [6.07, 6.45) is 0.940. The molecule has 0 spiro atoms. The van der Waals surface area contributed by atoms with E-state index in [2.05, 4.69) is 37.5 Å². The molecule has 1 heterocycles. The molecule has 3 nitrogen and oxygen atoms in total. The molecule has 1 aromatic rings. The van der Waals surface area contributed by atoms with E-state index in [4.69, 9.17) is 5.73 Å². The minimum atomic E-state index is 0.638. The summed E-state index contributed by atoms with van der Waals surface area (Å²) in [6.45, 7) is 10.3. The maximum Gasteiger partial charge on any atom is 0.0628 e. The van der Waals surface area contributed by atoms with Crippen molar-refractivity contribution in [2.45, 2.75) is 40.7 Å². The summed E-state index contributed by atoms with van der Waals surface area (Å²) in [6, 6.07) is 0. The van der Waals surface area contributed by atoms with E-state index in [1.54, 1.807) is 0 Å². The van der Waals surface area contributed by atoms with Gasteiger partial charge >= 0.3 is 0 Å². The van der Waals surface area contributed by atoms with Crippen LogP contribution in [-0.2, 0) is 13.0 Å². The van der Waals surface area contributed by atoms with Gasteiger partial charge < -0.3 is 5.73 Å². The van der Waals surface area contributed by atoms with E-state index in [0.29, 0.717) is 12.5 Å². The molecule has 0 aliphatic carbocycles. The molecule has 0 aromatic carbocycles. The van der Waals surface area contributed by atoms with Crippen LogP contribution in [0.3, 0.4) is 0 Å². The maximum absolute atomic E-state index is 5.57. The van der Waals surface area contributed by atoms with Crippen molar-refractivity contribution in [2.75, 3.05) is 6.54 Å². The van der Waals surface area contributed by atoms with Gasteiger partial charge in [0, 0.05) is 12.2 Å². The van der Waals surface area contributed by atoms with Gasteiger partial charge in [-0.2, -0.15) is 5.10 Å². The molecule has 0 aliphatic heterocycles. The van der Waals surface area contributed by atoms with E-state index >= 15 is 0 Å². The fourth-order valence-electron chi connectivity index (χ4n) is 1.76. The zero-order chi connectivity index (χ0) is 10.7. The lowest BCUT2D eigenvalue weighted by atomic mass is 10.1. The van der Waals surface area contributed by atoms with Crippen molar-refractivity contribution in [3.05, 3.63) is 17.0 Å². The second-order valence-electron chi connectivity index (χ2n) is 4.26. The largest absolute Gasteiger partial charge is 0.330 e. The van der Waals surface area contributed by atoms with Gasteiger partial charge in [-0.3, -0.25) is 4.68 Å². The first-order valence-corrected chi connectivity index (χ1v) is 5.29. The lowest BCUT2D eigenvalue weighted by molar-refractivity contribution is 0.472. The predicted molar refractivity (Wildman–Crippen MR) is 59.3 cm³/mol. The summed E-state index contributed by atoms with van der Waals surface area (Å²) in [7, 11) is 0. The van der Waals surface area contributed by atoms with Crippen molar-refractivity contribution in [1.82, 2.24) is 9.78 Å². The van der Waals surface area contributed by atoms with Crippen LogP contribution in [0.5, 0.6) is 0 Å². The number of nitrogens with two attached hydrogens (primary N) is 1. The van der Waals surface area contributed by atoms with Crippen molar-refractivity contribution in [2.24, 2.45) is 11.7 Å². The van der Waals surface area contributed by atoms with E-state index in [0.717, 1.165) is 18.7 Å². The normalized spacial score (nSPS) is 11.3. The van der Waals surface area contributed by atoms with Crippen LogP contribution >= 0.6 is 0 Å². The Labute approximate surface area is 86.3 Å². The number of aromatic nitrogens is 2. The first-order chi connectivity index (χ1) is 6.56. The molecule has 0 bridgehead atoms. The molecule has 0 aliphatic rings. The zero-order valence-corrected chi connectivity index (χ0v) is 9.67. The number of nitrogens with zero attached hydrogens (tertiary/aromatic N) is 2. The highest BCUT2D eigenvalue weighted by atomic mass is 15.3. The van der Waals surface area contributed by atoms with E-state index in [1.165, 1.54) is 11.3 Å². The Bertz CT molecular complexity index is 300. The van der Waals surface area contributed by atoms with Gasteiger partial charge in [-0.15, -0.1) is 0 Å². The summed E-state index contributed by atoms with van der Waals surface area (Å²) in [5, 5.41) is 4.53. The Kier molecular flexibility index (Phi) is 3.69. The molecular weight excluding hydrogens is 174 g/mol. The second-order valence-corrected chi connectivity index (χ2v) is 4.26. The van der Waals surface area contributed by atoms with Crippen molar-refractivity contribution in [3.8, 4) is 0 Å². The van der Waals surface area contributed by atoms with Gasteiger partial charge in [0.25, 0.3) is 0 Å². The van der Waals surface area contributed by atoms with Gasteiger partial charge in [-0.25, -0.2) is 0 Å². The molecule has 2 N–H and O–H groups in total. The zero-order valence-electron chi connectivity index (χ0n) is 9.67. The topological polar surface area (TPSA) is 43.8 Å². The van der Waals surface area contributed by atoms with Crippen LogP contribution in [0.15, 0.2) is 0 Å². The number of aryl methyl sites for hydroxylation is 1.